The Bertz CT molecular complexity index is 4430. The van der Waals surface area contributed by atoms with Crippen molar-refractivity contribution in [2.24, 2.45) is 47.3 Å². The molecule has 1 aliphatic heterocycles. The molecule has 33 nitrogen and oxygen atoms in total. The molecule has 0 saturated carbocycles. The molecule has 137 heavy (non-hydrogen) atoms. The zero-order valence-corrected chi connectivity index (χ0v) is 85.8. The van der Waals surface area contributed by atoms with Gasteiger partial charge in [0.1, 0.15) is 48.3 Å². The highest BCUT2D eigenvalue weighted by molar-refractivity contribution is 5.97. The van der Waals surface area contributed by atoms with Crippen molar-refractivity contribution >= 4 is 95.1 Å². The predicted molar refractivity (Wildman–Crippen MR) is 514 cm³/mol. The molecule has 5 rings (SSSR count). The summed E-state index contributed by atoms with van der Waals surface area (Å²) in [7, 11) is 11.3. The van der Waals surface area contributed by atoms with Gasteiger partial charge in [-0.2, -0.15) is 0 Å². The molecule has 0 aromatic heterocycles. The molecule has 1 saturated heterocycles. The molecule has 760 valence electrons. The molecule has 4 aromatic carbocycles. The lowest BCUT2D eigenvalue weighted by Gasteiger charge is -2.35. The SMILES string of the molecule is CC(C)C[C@H]1C(=O)O[C@H](Cc2ccccc2)C(=O)N(C)[C@@H](CC(C)C)C(=O)O[C@H](C)C(=O)N(C)[C@@H](CC(C)C)C(=O)O[C@H](Cc2ccccc2)C(=O)N(C)[C@@H](CC(C)C)C(=O)O[C@H](C)C(=O)N1C.CN[C@@H](CC(C)C)C(=O)O[C@H](Cc1ccccc1)C(=O)N(C)[C@@H](CC(C)C)C(=O)O[C@H](C)C(=O)N(C)[C@@H](CC(C)C)C(=O)O[C@H](Cc1ccccc1)C(=O)N(C)[C@@H](CC(C)C)C(=O)O[C@H](C)C(=O)O. The average Bonchev–Trinajstić information content (AvgIpc) is 0.820. The van der Waals surface area contributed by atoms with Crippen LogP contribution in [0.5, 0.6) is 0 Å². The van der Waals surface area contributed by atoms with Gasteiger partial charge in [-0.3, -0.25) is 38.4 Å². The molecule has 7 amide bonds. The normalized spacial score (nSPS) is 20.0. The van der Waals surface area contributed by atoms with E-state index in [2.05, 4.69) is 5.32 Å². The number of carboxylic acid groups (broad SMARTS) is 1. The smallest absolute Gasteiger partial charge is 0.344 e. The molecule has 2 N–H and O–H groups in total. The van der Waals surface area contributed by atoms with Gasteiger partial charge in [0.25, 0.3) is 41.4 Å². The van der Waals surface area contributed by atoms with Crippen LogP contribution in [0.25, 0.3) is 0 Å². The lowest BCUT2D eigenvalue weighted by molar-refractivity contribution is -0.176. The Morgan fingerprint density at radius 2 is 0.599 bits per heavy atom. The second-order valence-electron chi connectivity index (χ2n) is 39.2. The Kier molecular flexibility index (Phi) is 48.9. The molecule has 16 atom stereocenters. The first kappa shape index (κ1) is 118. The minimum absolute atomic E-state index is 0.0373. The van der Waals surface area contributed by atoms with Gasteiger partial charge in [-0.25, -0.2) is 38.4 Å². The van der Waals surface area contributed by atoms with Crippen LogP contribution in [-0.2, 0) is 140 Å². The van der Waals surface area contributed by atoms with Gasteiger partial charge in [0.05, 0.1) is 0 Å². The quantitative estimate of drug-likeness (QED) is 0.0308. The van der Waals surface area contributed by atoms with Crippen LogP contribution >= 0.6 is 0 Å². The molecule has 0 spiro atoms. The van der Waals surface area contributed by atoms with E-state index in [4.69, 9.17) is 37.9 Å². The number of aliphatic carboxylic acids is 1. The third-order valence-corrected chi connectivity index (χ3v) is 23.6. The van der Waals surface area contributed by atoms with E-state index in [1.165, 1.54) is 81.9 Å². The number of ether oxygens (including phenoxy) is 8. The maximum atomic E-state index is 14.6. The van der Waals surface area contributed by atoms with Crippen molar-refractivity contribution in [3.8, 4) is 0 Å². The highest BCUT2D eigenvalue weighted by Gasteiger charge is 2.47. The van der Waals surface area contributed by atoms with Crippen molar-refractivity contribution < 1.29 is 120 Å². The topological polar surface area (TPSA) is 402 Å². The Labute approximate surface area is 810 Å². The van der Waals surface area contributed by atoms with E-state index in [9.17, 15) is 81.8 Å². The average molecular weight is 1920 g/mol. The van der Waals surface area contributed by atoms with E-state index in [1.54, 1.807) is 122 Å². The number of nitrogens with one attached hydrogen (secondary N) is 1. The molecular weight excluding hydrogens is 1760 g/mol. The maximum absolute atomic E-state index is 14.6. The Morgan fingerprint density at radius 1 is 0.343 bits per heavy atom. The highest BCUT2D eigenvalue weighted by Crippen LogP contribution is 2.29. The highest BCUT2D eigenvalue weighted by atomic mass is 16.6. The largest absolute Gasteiger partial charge is 0.479 e. The standard InChI is InChI=1S/C52H78N4O13.C52H76N4O12/c1-31(2)25-39(53-11)49(62)68-43(29-37-21-17-15-18-22-37)46(58)55(13)40(26-32(3)4)50(63)66-35(9)45(57)54(12)42(28-34(7)8)52(65)69-44(30-38-23-19-16-20-24-38)47(59)56(14)41(27-33(5)6)51(64)67-36(10)48(60)61;1-31(2)25-39-49(61)65-35(9)45(57)53(11)42(28-34(7)8)52(64)68-44(30-38-23-19-16-20-24-38)48(60)56(14)40(26-32(3)4)50(62)66-36(10)46(58)54(12)41(27-33(5)6)51(63)67-43(47(59)55(39)13)29-37-21-17-15-18-22-37/h15-24,31-36,39-44,53H,25-30H2,1-14H3,(H,60,61);15-24,31-36,39-44H,25-30H2,1-14H3/t2*35-,36-,39+,40+,41+,42+,43-,44-/m11/s1. The lowest BCUT2D eigenvalue weighted by Crippen LogP contribution is -2.55. The van der Waals surface area contributed by atoms with E-state index in [0.29, 0.717) is 23.1 Å². The summed E-state index contributed by atoms with van der Waals surface area (Å²) in [5.41, 5.74) is 2.65. The molecule has 0 aliphatic carbocycles. The van der Waals surface area contributed by atoms with Crippen molar-refractivity contribution in [1.82, 2.24) is 39.6 Å². The van der Waals surface area contributed by atoms with Gasteiger partial charge in [-0.1, -0.05) is 232 Å². The third kappa shape index (κ3) is 37.7. The van der Waals surface area contributed by atoms with Gasteiger partial charge in [-0.05, 0) is 156 Å². The van der Waals surface area contributed by atoms with Crippen molar-refractivity contribution in [3.63, 3.8) is 0 Å². The first-order valence-corrected chi connectivity index (χ1v) is 47.7. The summed E-state index contributed by atoms with van der Waals surface area (Å²) in [5.74, 6) is -14.3. The van der Waals surface area contributed by atoms with Crippen LogP contribution in [0.15, 0.2) is 121 Å². The van der Waals surface area contributed by atoms with E-state index < -0.39 is 192 Å². The van der Waals surface area contributed by atoms with E-state index in [-0.39, 0.29) is 118 Å². The van der Waals surface area contributed by atoms with Crippen LogP contribution in [0, 0.1) is 47.3 Å². The monoisotopic (exact) mass is 1920 g/mol. The molecule has 0 bridgehead atoms. The zero-order chi connectivity index (χ0) is 103. The van der Waals surface area contributed by atoms with Crippen LogP contribution in [0.1, 0.15) is 212 Å². The number of rotatable bonds is 40. The van der Waals surface area contributed by atoms with Crippen molar-refractivity contribution in [3.05, 3.63) is 144 Å². The predicted octanol–water partition coefficient (Wildman–Crippen LogP) is 11.2. The number of benzene rings is 4. The maximum Gasteiger partial charge on any atom is 0.344 e. The number of carbonyl (C=O) groups is 16. The Balaban J connectivity index is 0.000000572. The van der Waals surface area contributed by atoms with Gasteiger partial charge in [0.2, 0.25) is 0 Å². The molecular formula is C104H154N8O25. The van der Waals surface area contributed by atoms with Gasteiger partial charge in [0.15, 0.2) is 48.8 Å². The zero-order valence-electron chi connectivity index (χ0n) is 85.8. The summed E-state index contributed by atoms with van der Waals surface area (Å²) in [4.78, 5) is 233. The Hall–Kier alpha value is -11.6. The van der Waals surface area contributed by atoms with Gasteiger partial charge >= 0.3 is 53.7 Å². The number of hydrogen-bond donors (Lipinski definition) is 2. The second kappa shape index (κ2) is 56.9. The number of amides is 7. The van der Waals surface area contributed by atoms with Crippen molar-refractivity contribution in [1.29, 1.82) is 0 Å². The fraction of sp³-hybridized carbons (Fsp3) is 0.615. The number of carboxylic acids is 1. The van der Waals surface area contributed by atoms with Crippen molar-refractivity contribution in [2.75, 3.05) is 56.4 Å². The van der Waals surface area contributed by atoms with Crippen LogP contribution in [-0.4, -0.2) is 288 Å². The van der Waals surface area contributed by atoms with Crippen LogP contribution < -0.4 is 5.32 Å². The molecule has 0 radical (unpaired) electrons. The number of esters is 8. The fourth-order valence-corrected chi connectivity index (χ4v) is 15.8. The summed E-state index contributed by atoms with van der Waals surface area (Å²) in [6.45, 7) is 35.0. The molecule has 4 aromatic rings. The number of hydrogen-bond acceptors (Lipinski definition) is 25. The Morgan fingerprint density at radius 3 is 0.876 bits per heavy atom. The second-order valence-corrected chi connectivity index (χ2v) is 39.2. The van der Waals surface area contributed by atoms with Crippen LogP contribution in [0.4, 0.5) is 0 Å². The minimum Gasteiger partial charge on any atom is -0.479 e. The molecule has 33 heteroatoms. The lowest BCUT2D eigenvalue weighted by atomic mass is 10.00. The summed E-state index contributed by atoms with van der Waals surface area (Å²) in [6, 6.07) is 26.2. The van der Waals surface area contributed by atoms with Gasteiger partial charge in [0, 0.05) is 75.0 Å². The van der Waals surface area contributed by atoms with E-state index in [1.807, 2.05) is 117 Å². The summed E-state index contributed by atoms with van der Waals surface area (Å²) >= 11 is 0. The number of likely N-dealkylation sites (N-methyl/N-ethyl adjacent to an activating group) is 8. The molecule has 1 fully saturated rings. The minimum atomic E-state index is -1.49. The third-order valence-electron chi connectivity index (χ3n) is 23.6. The summed E-state index contributed by atoms with van der Waals surface area (Å²) < 4.78 is 46.6. The molecule has 0 unspecified atom stereocenters. The molecule has 1 heterocycles. The van der Waals surface area contributed by atoms with E-state index in [0.717, 1.165) is 35.0 Å². The first-order chi connectivity index (χ1) is 64.1. The van der Waals surface area contributed by atoms with E-state index >= 15 is 0 Å². The fourth-order valence-electron chi connectivity index (χ4n) is 15.8. The summed E-state index contributed by atoms with van der Waals surface area (Å²) in [5, 5.41) is 12.4. The number of carbonyl (C=O) groups excluding carboxylic acids is 15. The summed E-state index contributed by atoms with van der Waals surface area (Å²) in [6.07, 6.45) is -10.6. The number of nitrogens with zero attached hydrogens (tertiary/aromatic N) is 7. The number of cyclic esters (lactones) is 4. The van der Waals surface area contributed by atoms with Gasteiger partial charge < -0.3 is 82.6 Å². The van der Waals surface area contributed by atoms with Crippen molar-refractivity contribution in [2.45, 2.75) is 313 Å². The first-order valence-electron chi connectivity index (χ1n) is 47.7. The van der Waals surface area contributed by atoms with Gasteiger partial charge in [-0.15, -0.1) is 0 Å². The molecule has 1 aliphatic rings. The van der Waals surface area contributed by atoms with Crippen LogP contribution in [0.3, 0.4) is 0 Å². The van der Waals surface area contributed by atoms with Crippen LogP contribution in [0.2, 0.25) is 0 Å².